The summed E-state index contributed by atoms with van der Waals surface area (Å²) in [6, 6.07) is 10.7. The molecule has 0 amide bonds. The van der Waals surface area contributed by atoms with Crippen LogP contribution in [-0.2, 0) is 5.41 Å². The van der Waals surface area contributed by atoms with E-state index in [1.54, 1.807) is 6.07 Å². The number of hydrogen-bond acceptors (Lipinski definition) is 4. The van der Waals surface area contributed by atoms with E-state index in [9.17, 15) is 4.79 Å². The summed E-state index contributed by atoms with van der Waals surface area (Å²) < 4.78 is 16.8. The predicted octanol–water partition coefficient (Wildman–Crippen LogP) is 4.46. The van der Waals surface area contributed by atoms with E-state index in [2.05, 4.69) is 33.8 Å². The maximum absolute atomic E-state index is 11.0. The molecule has 2 rings (SSSR count). The van der Waals surface area contributed by atoms with Crippen molar-refractivity contribution in [1.82, 2.24) is 0 Å². The van der Waals surface area contributed by atoms with Gasteiger partial charge in [0.2, 0.25) is 0 Å². The summed E-state index contributed by atoms with van der Waals surface area (Å²) in [6.45, 7) is 9.21. The number of carboxylic acids is 1. The van der Waals surface area contributed by atoms with Gasteiger partial charge in [-0.05, 0) is 42.2 Å². The van der Waals surface area contributed by atoms with Crippen LogP contribution in [0.15, 0.2) is 36.4 Å². The first-order valence-electron chi connectivity index (χ1n) is 8.50. The maximum atomic E-state index is 11.0. The van der Waals surface area contributed by atoms with E-state index in [-0.39, 0.29) is 11.0 Å². The maximum Gasteiger partial charge on any atom is 0.335 e. The lowest BCUT2D eigenvalue weighted by molar-refractivity contribution is 0.0696. The Kier molecular flexibility index (Phi) is 6.14. The number of hydrogen-bond donors (Lipinski definition) is 1. The number of rotatable bonds is 7. The van der Waals surface area contributed by atoms with E-state index in [1.165, 1.54) is 24.8 Å². The standard InChI is InChI=1S/C21H26O5/c1-14-6-8-17(16(12-14)21(2,3)4)25-10-11-26-18-9-7-15(20(22)23)13-19(18)24-5/h6-9,12-13H,10-11H2,1-5H3,(H,22,23). The summed E-state index contributed by atoms with van der Waals surface area (Å²) in [6.07, 6.45) is 0. The Bertz CT molecular complexity index is 774. The first kappa shape index (κ1) is 19.6. The van der Waals surface area contributed by atoms with Crippen LogP contribution in [0.5, 0.6) is 17.2 Å². The Morgan fingerprint density at radius 2 is 1.58 bits per heavy atom. The van der Waals surface area contributed by atoms with Crippen LogP contribution in [-0.4, -0.2) is 31.4 Å². The highest BCUT2D eigenvalue weighted by molar-refractivity contribution is 5.88. The van der Waals surface area contributed by atoms with Crippen LogP contribution >= 0.6 is 0 Å². The zero-order valence-corrected chi connectivity index (χ0v) is 16.0. The van der Waals surface area contributed by atoms with Crippen LogP contribution in [0.4, 0.5) is 0 Å². The summed E-state index contributed by atoms with van der Waals surface area (Å²) >= 11 is 0. The average molecular weight is 358 g/mol. The molecular formula is C21H26O5. The Morgan fingerprint density at radius 3 is 2.15 bits per heavy atom. The molecule has 0 aromatic heterocycles. The third-order valence-electron chi connectivity index (χ3n) is 3.95. The molecule has 0 aliphatic rings. The molecule has 2 aromatic carbocycles. The average Bonchev–Trinajstić information content (AvgIpc) is 2.58. The molecule has 140 valence electrons. The van der Waals surface area contributed by atoms with Gasteiger partial charge in [-0.3, -0.25) is 0 Å². The van der Waals surface area contributed by atoms with Crippen molar-refractivity contribution in [3.8, 4) is 17.2 Å². The van der Waals surface area contributed by atoms with Crippen molar-refractivity contribution in [2.45, 2.75) is 33.1 Å². The highest BCUT2D eigenvalue weighted by Crippen LogP contribution is 2.32. The molecule has 0 aliphatic heterocycles. The zero-order chi connectivity index (χ0) is 19.3. The van der Waals surface area contributed by atoms with Crippen molar-refractivity contribution >= 4 is 5.97 Å². The summed E-state index contributed by atoms with van der Waals surface area (Å²) in [5.74, 6) is 0.712. The number of carboxylic acid groups (broad SMARTS) is 1. The van der Waals surface area contributed by atoms with Gasteiger partial charge in [-0.15, -0.1) is 0 Å². The van der Waals surface area contributed by atoms with Crippen molar-refractivity contribution in [2.75, 3.05) is 20.3 Å². The zero-order valence-electron chi connectivity index (χ0n) is 16.0. The largest absolute Gasteiger partial charge is 0.493 e. The summed E-state index contributed by atoms with van der Waals surface area (Å²) in [5, 5.41) is 9.03. The minimum absolute atomic E-state index is 0.0158. The van der Waals surface area contributed by atoms with Gasteiger partial charge in [0.25, 0.3) is 0 Å². The van der Waals surface area contributed by atoms with Gasteiger partial charge in [-0.25, -0.2) is 4.79 Å². The van der Waals surface area contributed by atoms with Gasteiger partial charge in [0.15, 0.2) is 11.5 Å². The second-order valence-electron chi connectivity index (χ2n) is 7.12. The number of aryl methyl sites for hydroxylation is 1. The van der Waals surface area contributed by atoms with Crippen LogP contribution in [0.25, 0.3) is 0 Å². The molecule has 5 heteroatoms. The molecule has 1 N–H and O–H groups in total. The molecule has 0 radical (unpaired) electrons. The Hall–Kier alpha value is -2.69. The van der Waals surface area contributed by atoms with Crippen molar-refractivity contribution < 1.29 is 24.1 Å². The Labute approximate surface area is 154 Å². The summed E-state index contributed by atoms with van der Waals surface area (Å²) in [7, 11) is 1.48. The molecule has 5 nitrogen and oxygen atoms in total. The summed E-state index contributed by atoms with van der Waals surface area (Å²) in [4.78, 5) is 11.0. The van der Waals surface area contributed by atoms with E-state index < -0.39 is 5.97 Å². The predicted molar refractivity (Wildman–Crippen MR) is 101 cm³/mol. The minimum atomic E-state index is -1.01. The monoisotopic (exact) mass is 358 g/mol. The van der Waals surface area contributed by atoms with E-state index in [4.69, 9.17) is 19.3 Å². The molecule has 0 saturated heterocycles. The van der Waals surface area contributed by atoms with Gasteiger partial charge in [-0.1, -0.05) is 38.5 Å². The molecule has 0 bridgehead atoms. The topological polar surface area (TPSA) is 65.0 Å². The lowest BCUT2D eigenvalue weighted by Crippen LogP contribution is -2.16. The highest BCUT2D eigenvalue weighted by atomic mass is 16.5. The third-order valence-corrected chi connectivity index (χ3v) is 3.95. The van der Waals surface area contributed by atoms with Gasteiger partial charge in [-0.2, -0.15) is 0 Å². The van der Waals surface area contributed by atoms with Gasteiger partial charge in [0.1, 0.15) is 19.0 Å². The fourth-order valence-electron chi connectivity index (χ4n) is 2.58. The first-order chi connectivity index (χ1) is 12.2. The summed E-state index contributed by atoms with van der Waals surface area (Å²) in [5.41, 5.74) is 2.49. The molecule has 0 fully saturated rings. The van der Waals surface area contributed by atoms with Crippen molar-refractivity contribution in [2.24, 2.45) is 0 Å². The number of carbonyl (C=O) groups is 1. The number of aromatic carboxylic acids is 1. The molecule has 0 aliphatic carbocycles. The second kappa shape index (κ2) is 8.13. The number of ether oxygens (including phenoxy) is 3. The smallest absolute Gasteiger partial charge is 0.335 e. The molecule has 0 atom stereocenters. The molecule has 0 saturated carbocycles. The highest BCUT2D eigenvalue weighted by Gasteiger charge is 2.19. The van der Waals surface area contributed by atoms with Gasteiger partial charge < -0.3 is 19.3 Å². The van der Waals surface area contributed by atoms with Crippen molar-refractivity contribution in [1.29, 1.82) is 0 Å². The van der Waals surface area contributed by atoms with Crippen LogP contribution in [0.3, 0.4) is 0 Å². The van der Waals surface area contributed by atoms with E-state index >= 15 is 0 Å². The minimum Gasteiger partial charge on any atom is -0.493 e. The van der Waals surface area contributed by atoms with Crippen molar-refractivity contribution in [3.05, 3.63) is 53.1 Å². The van der Waals surface area contributed by atoms with Crippen LogP contribution in [0.1, 0.15) is 42.3 Å². The lowest BCUT2D eigenvalue weighted by atomic mass is 9.85. The number of methoxy groups -OCH3 is 1. The molecule has 26 heavy (non-hydrogen) atoms. The van der Waals surface area contributed by atoms with E-state index in [0.717, 1.165) is 11.3 Å². The van der Waals surface area contributed by atoms with Gasteiger partial charge in [0, 0.05) is 0 Å². The van der Waals surface area contributed by atoms with E-state index in [1.807, 2.05) is 12.1 Å². The molecule has 0 heterocycles. The first-order valence-corrected chi connectivity index (χ1v) is 8.50. The van der Waals surface area contributed by atoms with Crippen LogP contribution in [0, 0.1) is 6.92 Å². The number of benzene rings is 2. The SMILES string of the molecule is COc1cc(C(=O)O)ccc1OCCOc1ccc(C)cc1C(C)(C)C. The third kappa shape index (κ3) is 4.91. The quantitative estimate of drug-likeness (QED) is 0.741. The van der Waals surface area contributed by atoms with Crippen molar-refractivity contribution in [3.63, 3.8) is 0 Å². The lowest BCUT2D eigenvalue weighted by Gasteiger charge is -2.23. The molecular weight excluding hydrogens is 332 g/mol. The van der Waals surface area contributed by atoms with E-state index in [0.29, 0.717) is 24.7 Å². The fourth-order valence-corrected chi connectivity index (χ4v) is 2.58. The fraction of sp³-hybridized carbons (Fsp3) is 0.381. The Morgan fingerprint density at radius 1 is 0.962 bits per heavy atom. The van der Waals surface area contributed by atoms with Crippen LogP contribution in [0.2, 0.25) is 0 Å². The molecule has 2 aromatic rings. The molecule has 0 spiro atoms. The second-order valence-corrected chi connectivity index (χ2v) is 7.12. The normalized spacial score (nSPS) is 11.1. The van der Waals surface area contributed by atoms with Crippen LogP contribution < -0.4 is 14.2 Å². The van der Waals surface area contributed by atoms with Gasteiger partial charge in [0.05, 0.1) is 12.7 Å². The van der Waals surface area contributed by atoms with Gasteiger partial charge >= 0.3 is 5.97 Å². The Balaban J connectivity index is 2.01. The molecule has 0 unspecified atom stereocenters.